The number of benzene rings is 1. The monoisotopic (exact) mass is 400 g/mol. The van der Waals surface area contributed by atoms with Gasteiger partial charge in [-0.25, -0.2) is 4.98 Å². The Kier molecular flexibility index (Phi) is 5.16. The van der Waals surface area contributed by atoms with Crippen molar-refractivity contribution >= 4 is 16.3 Å². The Morgan fingerprint density at radius 3 is 2.29 bits per heavy atom. The van der Waals surface area contributed by atoms with Crippen LogP contribution in [-0.4, -0.2) is 49.9 Å². The number of aromatic hydroxyl groups is 1. The molecule has 6 nitrogen and oxygen atoms in total. The predicted molar refractivity (Wildman–Crippen MR) is 111 cm³/mol. The molecule has 1 aliphatic heterocycles. The lowest BCUT2D eigenvalue weighted by Crippen LogP contribution is -2.47. The highest BCUT2D eigenvalue weighted by molar-refractivity contribution is 7.17. The number of ether oxygens (including phenoxy) is 1. The molecule has 0 unspecified atom stereocenters. The smallest absolute Gasteiger partial charge is 0.230 e. The van der Waals surface area contributed by atoms with Crippen molar-refractivity contribution in [3.05, 3.63) is 46.1 Å². The molecular weight excluding hydrogens is 372 g/mol. The maximum Gasteiger partial charge on any atom is 0.230 e. The van der Waals surface area contributed by atoms with Crippen LogP contribution in [0.2, 0.25) is 0 Å². The molecule has 0 radical (unpaired) electrons. The second-order valence-corrected chi connectivity index (χ2v) is 9.09. The summed E-state index contributed by atoms with van der Waals surface area (Å²) in [4.78, 5) is 8.46. The van der Waals surface area contributed by atoms with Crippen molar-refractivity contribution in [3.63, 3.8) is 0 Å². The summed E-state index contributed by atoms with van der Waals surface area (Å²) in [5.41, 5.74) is 2.48. The highest BCUT2D eigenvalue weighted by atomic mass is 32.1. The summed E-state index contributed by atoms with van der Waals surface area (Å²) in [7, 11) is 0. The second-order valence-electron chi connectivity index (χ2n) is 8.08. The van der Waals surface area contributed by atoms with Gasteiger partial charge in [0.2, 0.25) is 10.8 Å². The van der Waals surface area contributed by atoms with E-state index in [9.17, 15) is 5.11 Å². The fraction of sp³-hybridized carbons (Fsp3) is 0.524. The van der Waals surface area contributed by atoms with E-state index in [2.05, 4.69) is 66.9 Å². The van der Waals surface area contributed by atoms with Gasteiger partial charge in [0.25, 0.3) is 0 Å². The third kappa shape index (κ3) is 3.54. The number of aryl methyl sites for hydroxylation is 1. The Morgan fingerprint density at radius 2 is 1.71 bits per heavy atom. The first-order valence-electron chi connectivity index (χ1n) is 9.88. The third-order valence-electron chi connectivity index (χ3n) is 5.29. The quantitative estimate of drug-likeness (QED) is 0.714. The van der Waals surface area contributed by atoms with Gasteiger partial charge in [-0.2, -0.15) is 4.52 Å². The molecular formula is C21H28N4O2S. The number of thiazole rings is 1. The maximum absolute atomic E-state index is 11.0. The van der Waals surface area contributed by atoms with Gasteiger partial charge in [0.05, 0.1) is 23.1 Å². The fourth-order valence-electron chi connectivity index (χ4n) is 4.05. The number of aromatic nitrogens is 3. The molecule has 0 bridgehead atoms. The van der Waals surface area contributed by atoms with E-state index in [1.54, 1.807) is 4.52 Å². The van der Waals surface area contributed by atoms with Gasteiger partial charge in [-0.1, -0.05) is 49.4 Å². The molecule has 0 aliphatic carbocycles. The molecule has 1 N–H and O–H groups in total. The highest BCUT2D eigenvalue weighted by Crippen LogP contribution is 2.41. The van der Waals surface area contributed by atoms with Gasteiger partial charge in [-0.05, 0) is 37.8 Å². The van der Waals surface area contributed by atoms with Gasteiger partial charge >= 0.3 is 0 Å². The van der Waals surface area contributed by atoms with Crippen molar-refractivity contribution in [3.8, 4) is 5.88 Å². The summed E-state index contributed by atoms with van der Waals surface area (Å²) in [6.45, 7) is 12.1. The van der Waals surface area contributed by atoms with Gasteiger partial charge in [-0.3, -0.25) is 4.90 Å². The number of rotatable bonds is 4. The first kappa shape index (κ1) is 19.4. The Bertz CT molecular complexity index is 953. The minimum atomic E-state index is -0.0520. The van der Waals surface area contributed by atoms with Crippen molar-refractivity contribution in [2.75, 3.05) is 13.1 Å². The van der Waals surface area contributed by atoms with Crippen LogP contribution in [0.1, 0.15) is 61.5 Å². The highest BCUT2D eigenvalue weighted by Gasteiger charge is 2.34. The number of morpholine rings is 1. The van der Waals surface area contributed by atoms with Crippen molar-refractivity contribution in [1.29, 1.82) is 0 Å². The molecule has 3 heterocycles. The molecule has 1 aliphatic rings. The lowest BCUT2D eigenvalue weighted by atomic mass is 9.97. The van der Waals surface area contributed by atoms with Crippen molar-refractivity contribution in [1.82, 2.24) is 19.5 Å². The molecule has 1 saturated heterocycles. The molecule has 0 saturated carbocycles. The minimum Gasteiger partial charge on any atom is -0.492 e. The van der Waals surface area contributed by atoms with Crippen LogP contribution in [-0.2, 0) is 4.74 Å². The van der Waals surface area contributed by atoms with E-state index in [1.165, 1.54) is 22.5 Å². The normalized spacial score (nSPS) is 22.2. The number of fused-ring (bicyclic) bond motifs is 1. The zero-order chi connectivity index (χ0) is 20.0. The zero-order valence-electron chi connectivity index (χ0n) is 17.1. The molecule has 2 aromatic heterocycles. The number of nitrogens with zero attached hydrogens (tertiary/aromatic N) is 4. The Labute approximate surface area is 169 Å². The average Bonchev–Trinajstić information content (AvgIpc) is 3.13. The first-order chi connectivity index (χ1) is 13.3. The summed E-state index contributed by atoms with van der Waals surface area (Å²) in [6.07, 6.45) is 0.292. The molecule has 1 aromatic carbocycles. The van der Waals surface area contributed by atoms with E-state index in [-0.39, 0.29) is 24.1 Å². The van der Waals surface area contributed by atoms with Crippen molar-refractivity contribution in [2.45, 2.75) is 58.8 Å². The van der Waals surface area contributed by atoms with Gasteiger partial charge in [0, 0.05) is 13.1 Å². The van der Waals surface area contributed by atoms with Crippen LogP contribution in [0.15, 0.2) is 24.3 Å². The summed E-state index contributed by atoms with van der Waals surface area (Å²) in [6, 6.07) is 8.71. The third-order valence-corrected chi connectivity index (χ3v) is 6.36. The zero-order valence-corrected chi connectivity index (χ0v) is 17.9. The lowest BCUT2D eigenvalue weighted by Gasteiger charge is -2.40. The Morgan fingerprint density at radius 1 is 1.11 bits per heavy atom. The Hall–Kier alpha value is -1.96. The fourth-order valence-corrected chi connectivity index (χ4v) is 5.21. The first-order valence-corrected chi connectivity index (χ1v) is 10.7. The second kappa shape index (κ2) is 7.46. The standard InChI is InChI=1S/C21H28N4O2S/c1-12(2)16-6-8-17(9-7-16)18(24-10-13(3)27-14(4)11-24)19-20(26)25-21(28-19)22-15(5)23-25/h6-9,12-14,18,26H,10-11H2,1-5H3/t13-,14-,18-/m0/s1. The van der Waals surface area contributed by atoms with Crippen LogP contribution in [0.5, 0.6) is 5.88 Å². The van der Waals surface area contributed by atoms with Crippen molar-refractivity contribution < 1.29 is 9.84 Å². The largest absolute Gasteiger partial charge is 0.492 e. The molecule has 0 amide bonds. The van der Waals surface area contributed by atoms with E-state index >= 15 is 0 Å². The summed E-state index contributed by atoms with van der Waals surface area (Å²) >= 11 is 1.51. The van der Waals surface area contributed by atoms with Crippen LogP contribution >= 0.6 is 11.3 Å². The van der Waals surface area contributed by atoms with Crippen LogP contribution in [0.4, 0.5) is 0 Å². The number of hydrogen-bond acceptors (Lipinski definition) is 6. The van der Waals surface area contributed by atoms with Gasteiger partial charge in [-0.15, -0.1) is 5.10 Å². The lowest BCUT2D eigenvalue weighted by molar-refractivity contribution is -0.0764. The van der Waals surface area contributed by atoms with E-state index in [0.717, 1.165) is 22.9 Å². The van der Waals surface area contributed by atoms with Gasteiger partial charge in [0.15, 0.2) is 0 Å². The molecule has 7 heteroatoms. The maximum atomic E-state index is 11.0. The van der Waals surface area contributed by atoms with Crippen LogP contribution in [0.25, 0.3) is 4.96 Å². The van der Waals surface area contributed by atoms with E-state index in [1.807, 2.05) is 6.92 Å². The predicted octanol–water partition coefficient (Wildman–Crippen LogP) is 4.13. The summed E-state index contributed by atoms with van der Waals surface area (Å²) in [5, 5.41) is 15.3. The SMILES string of the molecule is Cc1nc2sc([C@H](c3ccc(C(C)C)cc3)N3C[C@H](C)O[C@@H](C)C3)c(O)n2n1. The van der Waals surface area contributed by atoms with E-state index in [4.69, 9.17) is 4.74 Å². The molecule has 1 fully saturated rings. The van der Waals surface area contributed by atoms with Crippen LogP contribution in [0.3, 0.4) is 0 Å². The van der Waals surface area contributed by atoms with Crippen LogP contribution < -0.4 is 0 Å². The molecule has 0 spiro atoms. The molecule has 3 atom stereocenters. The minimum absolute atomic E-state index is 0.0520. The van der Waals surface area contributed by atoms with Crippen molar-refractivity contribution in [2.24, 2.45) is 0 Å². The molecule has 3 aromatic rings. The molecule has 28 heavy (non-hydrogen) atoms. The van der Waals surface area contributed by atoms with Gasteiger partial charge < -0.3 is 9.84 Å². The average molecular weight is 401 g/mol. The molecule has 4 rings (SSSR count). The summed E-state index contributed by atoms with van der Waals surface area (Å²) < 4.78 is 7.50. The van der Waals surface area contributed by atoms with Gasteiger partial charge in [0.1, 0.15) is 5.82 Å². The Balaban J connectivity index is 1.80. The van der Waals surface area contributed by atoms with E-state index < -0.39 is 0 Å². The number of hydrogen-bond donors (Lipinski definition) is 1. The topological polar surface area (TPSA) is 62.9 Å². The summed E-state index contributed by atoms with van der Waals surface area (Å²) in [5.74, 6) is 1.34. The molecule has 150 valence electrons. The van der Waals surface area contributed by atoms with E-state index in [0.29, 0.717) is 11.7 Å². The van der Waals surface area contributed by atoms with Crippen LogP contribution in [0, 0.1) is 6.92 Å².